The fourth-order valence-corrected chi connectivity index (χ4v) is 4.69. The Kier molecular flexibility index (Phi) is 4.77. The van der Waals surface area contributed by atoms with Crippen LogP contribution in [0.2, 0.25) is 0 Å². The molecule has 0 aliphatic heterocycles. The summed E-state index contributed by atoms with van der Waals surface area (Å²) < 4.78 is 6.99. The van der Waals surface area contributed by atoms with Gasteiger partial charge in [0, 0.05) is 31.9 Å². The van der Waals surface area contributed by atoms with Gasteiger partial charge in [0.25, 0.3) is 0 Å². The van der Waals surface area contributed by atoms with Crippen molar-refractivity contribution >= 4 is 37.9 Å². The molecule has 33 heavy (non-hydrogen) atoms. The highest BCUT2D eigenvalue weighted by molar-refractivity contribution is 9.10. The molecule has 0 saturated heterocycles. The molecule has 0 unspecified atom stereocenters. The third kappa shape index (κ3) is 3.70. The Labute approximate surface area is 199 Å². The van der Waals surface area contributed by atoms with E-state index in [1.165, 1.54) is 0 Å². The number of rotatable bonds is 3. The summed E-state index contributed by atoms with van der Waals surface area (Å²) in [5.41, 5.74) is 5.66. The first-order valence-electron chi connectivity index (χ1n) is 10.6. The topological polar surface area (TPSA) is 51.8 Å². The van der Waals surface area contributed by atoms with E-state index in [9.17, 15) is 0 Å². The number of hydrogen-bond donors (Lipinski definition) is 0. The molecule has 2 heterocycles. The van der Waals surface area contributed by atoms with Crippen molar-refractivity contribution in [3.8, 4) is 34.2 Å². The summed E-state index contributed by atoms with van der Waals surface area (Å²) in [5.74, 6) is 1.91. The van der Waals surface area contributed by atoms with Gasteiger partial charge in [-0.1, -0.05) is 64.5 Å². The first-order valence-corrected chi connectivity index (χ1v) is 11.4. The number of halogens is 1. The van der Waals surface area contributed by atoms with Crippen LogP contribution in [0.4, 0.5) is 0 Å². The lowest BCUT2D eigenvalue weighted by Crippen LogP contribution is -2.00. The fourth-order valence-electron chi connectivity index (χ4n) is 4.08. The second-order valence-corrected chi connectivity index (χ2v) is 8.91. The predicted molar refractivity (Wildman–Crippen MR) is 136 cm³/mol. The second-order valence-electron chi connectivity index (χ2n) is 8.00. The van der Waals surface area contributed by atoms with Gasteiger partial charge in [-0.15, -0.1) is 0 Å². The number of aromatic nitrogens is 3. The molecule has 0 aliphatic carbocycles. The molecule has 0 radical (unpaired) electrons. The quantitative estimate of drug-likeness (QED) is 0.253. The minimum atomic E-state index is 0.628. The van der Waals surface area contributed by atoms with Crippen molar-refractivity contribution in [2.45, 2.75) is 6.92 Å². The number of hydrogen-bond acceptors (Lipinski definition) is 4. The monoisotopic (exact) mass is 491 g/mol. The molecule has 2 aromatic heterocycles. The second kappa shape index (κ2) is 7.94. The van der Waals surface area contributed by atoms with Gasteiger partial charge in [0.05, 0.1) is 0 Å². The maximum atomic E-state index is 6.00. The Balaban J connectivity index is 1.58. The van der Waals surface area contributed by atoms with E-state index >= 15 is 0 Å². The highest BCUT2D eigenvalue weighted by atomic mass is 79.9. The van der Waals surface area contributed by atoms with E-state index in [-0.39, 0.29) is 0 Å². The Morgan fingerprint density at radius 2 is 1.24 bits per heavy atom. The maximum Gasteiger partial charge on any atom is 0.164 e. The summed E-state index contributed by atoms with van der Waals surface area (Å²) in [4.78, 5) is 14.6. The third-order valence-corrected chi connectivity index (χ3v) is 6.06. The maximum absolute atomic E-state index is 6.00. The number of furan rings is 1. The Morgan fingerprint density at radius 3 is 2.03 bits per heavy atom. The lowest BCUT2D eigenvalue weighted by atomic mass is 10.1. The highest BCUT2D eigenvalue weighted by Crippen LogP contribution is 2.33. The molecule has 0 N–H and O–H groups in total. The van der Waals surface area contributed by atoms with Gasteiger partial charge >= 0.3 is 0 Å². The van der Waals surface area contributed by atoms with Crippen LogP contribution in [0.25, 0.3) is 56.1 Å². The van der Waals surface area contributed by atoms with Gasteiger partial charge < -0.3 is 4.42 Å². The summed E-state index contributed by atoms with van der Waals surface area (Å²) in [5, 5.41) is 2.12. The molecule has 0 saturated carbocycles. The summed E-state index contributed by atoms with van der Waals surface area (Å²) in [6.07, 6.45) is 0. The Morgan fingerprint density at radius 1 is 0.576 bits per heavy atom. The van der Waals surface area contributed by atoms with E-state index < -0.39 is 0 Å². The molecule has 0 amide bonds. The molecule has 4 nitrogen and oxygen atoms in total. The normalized spacial score (nSPS) is 11.3. The lowest BCUT2D eigenvalue weighted by molar-refractivity contribution is 0.669. The molecule has 0 bridgehead atoms. The van der Waals surface area contributed by atoms with Crippen LogP contribution in [-0.4, -0.2) is 15.0 Å². The van der Waals surface area contributed by atoms with Crippen LogP contribution in [0, 0.1) is 6.92 Å². The molecule has 5 heteroatoms. The smallest absolute Gasteiger partial charge is 0.164 e. The van der Waals surface area contributed by atoms with Crippen molar-refractivity contribution in [1.82, 2.24) is 15.0 Å². The summed E-state index contributed by atoms with van der Waals surface area (Å²) in [7, 11) is 0. The molecular weight excluding hydrogens is 474 g/mol. The number of para-hydroxylation sites is 1. The van der Waals surface area contributed by atoms with Crippen LogP contribution < -0.4 is 0 Å². The van der Waals surface area contributed by atoms with E-state index in [1.807, 2.05) is 66.7 Å². The molecule has 4 aromatic carbocycles. The standard InChI is InChI=1S/C28H18BrN3O/c1-17-13-20(15-21(29)14-17)28-31-26(18-7-3-2-4-8-18)30-27(32-28)19-11-12-25-23(16-19)22-9-5-6-10-24(22)33-25/h2-16H,1H3. The molecule has 158 valence electrons. The minimum Gasteiger partial charge on any atom is -0.456 e. The average molecular weight is 492 g/mol. The summed E-state index contributed by atoms with van der Waals surface area (Å²) in [6, 6.07) is 30.3. The van der Waals surface area contributed by atoms with Crippen LogP contribution in [0.3, 0.4) is 0 Å². The van der Waals surface area contributed by atoms with Gasteiger partial charge in [-0.25, -0.2) is 15.0 Å². The van der Waals surface area contributed by atoms with Crippen LogP contribution in [0.5, 0.6) is 0 Å². The zero-order valence-electron chi connectivity index (χ0n) is 17.8. The molecule has 6 rings (SSSR count). The molecule has 0 atom stereocenters. The fraction of sp³-hybridized carbons (Fsp3) is 0.0357. The zero-order valence-corrected chi connectivity index (χ0v) is 19.4. The minimum absolute atomic E-state index is 0.628. The molecule has 0 aliphatic rings. The largest absolute Gasteiger partial charge is 0.456 e. The summed E-state index contributed by atoms with van der Waals surface area (Å²) in [6.45, 7) is 2.06. The van der Waals surface area contributed by atoms with E-state index in [2.05, 4.69) is 47.1 Å². The van der Waals surface area contributed by atoms with Crippen LogP contribution in [0.1, 0.15) is 5.56 Å². The number of nitrogens with zero attached hydrogens (tertiary/aromatic N) is 3. The predicted octanol–water partition coefficient (Wildman–Crippen LogP) is 7.84. The zero-order chi connectivity index (χ0) is 22.4. The van der Waals surface area contributed by atoms with Crippen LogP contribution in [-0.2, 0) is 0 Å². The molecule has 0 fully saturated rings. The van der Waals surface area contributed by atoms with Crippen molar-refractivity contribution in [2.24, 2.45) is 0 Å². The number of fused-ring (bicyclic) bond motifs is 3. The van der Waals surface area contributed by atoms with Gasteiger partial charge in [-0.3, -0.25) is 0 Å². The van der Waals surface area contributed by atoms with Crippen molar-refractivity contribution in [1.29, 1.82) is 0 Å². The lowest BCUT2D eigenvalue weighted by Gasteiger charge is -2.09. The van der Waals surface area contributed by atoms with E-state index in [4.69, 9.17) is 19.4 Å². The number of benzene rings is 4. The molecule has 0 spiro atoms. The van der Waals surface area contributed by atoms with Crippen molar-refractivity contribution in [3.63, 3.8) is 0 Å². The number of aryl methyl sites for hydroxylation is 1. The van der Waals surface area contributed by atoms with E-state index in [0.29, 0.717) is 17.5 Å². The van der Waals surface area contributed by atoms with Gasteiger partial charge in [0.1, 0.15) is 11.2 Å². The van der Waals surface area contributed by atoms with E-state index in [1.54, 1.807) is 0 Å². The van der Waals surface area contributed by atoms with Gasteiger partial charge in [-0.2, -0.15) is 0 Å². The Hall–Kier alpha value is -3.83. The van der Waals surface area contributed by atoms with Crippen molar-refractivity contribution in [3.05, 3.63) is 101 Å². The van der Waals surface area contributed by atoms with Gasteiger partial charge in [0.2, 0.25) is 0 Å². The van der Waals surface area contributed by atoms with Gasteiger partial charge in [-0.05, 0) is 55.0 Å². The molecular formula is C28H18BrN3O. The van der Waals surface area contributed by atoms with Crippen LogP contribution in [0.15, 0.2) is 99.9 Å². The highest BCUT2D eigenvalue weighted by Gasteiger charge is 2.15. The van der Waals surface area contributed by atoms with Crippen LogP contribution >= 0.6 is 15.9 Å². The molecule has 6 aromatic rings. The average Bonchev–Trinajstić information content (AvgIpc) is 3.22. The van der Waals surface area contributed by atoms with Crippen molar-refractivity contribution < 1.29 is 4.42 Å². The van der Waals surface area contributed by atoms with E-state index in [0.717, 1.165) is 48.7 Å². The Bertz CT molecular complexity index is 1620. The third-order valence-electron chi connectivity index (χ3n) is 5.60. The van der Waals surface area contributed by atoms with Crippen molar-refractivity contribution in [2.75, 3.05) is 0 Å². The SMILES string of the molecule is Cc1cc(Br)cc(-c2nc(-c3ccccc3)nc(-c3ccc4oc5ccccc5c4c3)n2)c1. The first kappa shape index (κ1) is 19.8. The summed E-state index contributed by atoms with van der Waals surface area (Å²) >= 11 is 3.60. The first-order chi connectivity index (χ1) is 16.1. The van der Waals surface area contributed by atoms with Gasteiger partial charge in [0.15, 0.2) is 17.5 Å².